The molecule has 2 rings (SSSR count). The van der Waals surface area contributed by atoms with Crippen LogP contribution in [0.4, 0.5) is 4.39 Å². The van der Waals surface area contributed by atoms with E-state index in [1.807, 2.05) is 19.9 Å². The van der Waals surface area contributed by atoms with Gasteiger partial charge in [0.2, 0.25) is 0 Å². The summed E-state index contributed by atoms with van der Waals surface area (Å²) in [6.45, 7) is 7.92. The van der Waals surface area contributed by atoms with Crippen LogP contribution in [0.15, 0.2) is 35.9 Å². The molecule has 0 radical (unpaired) electrons. The van der Waals surface area contributed by atoms with Gasteiger partial charge in [-0.05, 0) is 32.6 Å². The van der Waals surface area contributed by atoms with Gasteiger partial charge in [0, 0.05) is 23.6 Å². The quantitative estimate of drug-likeness (QED) is 0.782. The summed E-state index contributed by atoms with van der Waals surface area (Å²) < 4.78 is 14.1. The van der Waals surface area contributed by atoms with Crippen LogP contribution in [0.1, 0.15) is 38.2 Å². The van der Waals surface area contributed by atoms with E-state index in [4.69, 9.17) is 0 Å². The third-order valence-electron chi connectivity index (χ3n) is 3.81. The number of phenols is 2. The Bertz CT molecular complexity index is 523. The molecule has 0 spiro atoms. The van der Waals surface area contributed by atoms with Gasteiger partial charge in [-0.2, -0.15) is 0 Å². The van der Waals surface area contributed by atoms with Gasteiger partial charge in [-0.15, -0.1) is 0 Å². The zero-order chi connectivity index (χ0) is 14.2. The van der Waals surface area contributed by atoms with Gasteiger partial charge < -0.3 is 10.2 Å². The first-order valence-corrected chi connectivity index (χ1v) is 6.44. The van der Waals surface area contributed by atoms with Crippen molar-refractivity contribution >= 4 is 0 Å². The smallest absolute Gasteiger partial charge is 0.134 e. The number of benzene rings is 1. The van der Waals surface area contributed by atoms with Crippen molar-refractivity contribution in [1.29, 1.82) is 0 Å². The van der Waals surface area contributed by atoms with Crippen LogP contribution in [-0.4, -0.2) is 10.2 Å². The molecule has 19 heavy (non-hydrogen) atoms. The summed E-state index contributed by atoms with van der Waals surface area (Å²) in [5, 5.41) is 19.3. The Morgan fingerprint density at radius 1 is 1.37 bits per heavy atom. The third-order valence-corrected chi connectivity index (χ3v) is 3.81. The lowest BCUT2D eigenvalue weighted by Gasteiger charge is -2.31. The Hall–Kier alpha value is -1.77. The van der Waals surface area contributed by atoms with Crippen molar-refractivity contribution in [2.24, 2.45) is 5.92 Å². The summed E-state index contributed by atoms with van der Waals surface area (Å²) in [6.07, 6.45) is 3.87. The highest BCUT2D eigenvalue weighted by atomic mass is 19.1. The minimum absolute atomic E-state index is 0.119. The summed E-state index contributed by atoms with van der Waals surface area (Å²) in [7, 11) is 0. The van der Waals surface area contributed by atoms with E-state index in [2.05, 4.69) is 6.58 Å². The van der Waals surface area contributed by atoms with Gasteiger partial charge >= 0.3 is 0 Å². The van der Waals surface area contributed by atoms with Crippen LogP contribution >= 0.6 is 0 Å². The molecule has 0 saturated carbocycles. The zero-order valence-electron chi connectivity index (χ0n) is 11.3. The summed E-state index contributed by atoms with van der Waals surface area (Å²) >= 11 is 0. The number of rotatable bonds is 2. The maximum absolute atomic E-state index is 14.1. The second-order valence-corrected chi connectivity index (χ2v) is 5.39. The van der Waals surface area contributed by atoms with Crippen molar-refractivity contribution in [3.05, 3.63) is 47.3 Å². The average molecular weight is 262 g/mol. The van der Waals surface area contributed by atoms with E-state index in [9.17, 15) is 14.6 Å². The molecule has 1 aliphatic carbocycles. The number of hydrogen-bond acceptors (Lipinski definition) is 2. The topological polar surface area (TPSA) is 40.5 Å². The lowest BCUT2D eigenvalue weighted by molar-refractivity contribution is 0.409. The molecule has 1 aromatic carbocycles. The summed E-state index contributed by atoms with van der Waals surface area (Å²) in [5.41, 5.74) is 2.43. The fourth-order valence-electron chi connectivity index (χ4n) is 2.83. The number of hydrogen-bond donors (Lipinski definition) is 2. The van der Waals surface area contributed by atoms with Gasteiger partial charge in [-0.25, -0.2) is 4.39 Å². The van der Waals surface area contributed by atoms with Crippen LogP contribution < -0.4 is 0 Å². The van der Waals surface area contributed by atoms with E-state index in [1.165, 1.54) is 11.6 Å². The molecule has 0 fully saturated rings. The molecule has 1 unspecified atom stereocenters. The lowest BCUT2D eigenvalue weighted by atomic mass is 9.74. The molecule has 0 saturated heterocycles. The van der Waals surface area contributed by atoms with E-state index in [-0.39, 0.29) is 28.9 Å². The monoisotopic (exact) mass is 262 g/mol. The van der Waals surface area contributed by atoms with E-state index >= 15 is 0 Å². The molecular formula is C16H19FO2. The molecule has 0 aliphatic heterocycles. The maximum Gasteiger partial charge on any atom is 0.134 e. The summed E-state index contributed by atoms with van der Waals surface area (Å²) in [4.78, 5) is 0. The van der Waals surface area contributed by atoms with Crippen molar-refractivity contribution in [3.8, 4) is 11.5 Å². The molecule has 2 nitrogen and oxygen atoms in total. The molecule has 0 aromatic heterocycles. The highest BCUT2D eigenvalue weighted by Gasteiger charge is 2.30. The van der Waals surface area contributed by atoms with Gasteiger partial charge in [0.05, 0.1) is 0 Å². The van der Waals surface area contributed by atoms with Gasteiger partial charge in [-0.3, -0.25) is 0 Å². The van der Waals surface area contributed by atoms with Crippen LogP contribution in [0.2, 0.25) is 0 Å². The fourth-order valence-corrected chi connectivity index (χ4v) is 2.83. The fraction of sp³-hybridized carbons (Fsp3) is 0.375. The zero-order valence-corrected chi connectivity index (χ0v) is 11.3. The van der Waals surface area contributed by atoms with E-state index in [0.717, 1.165) is 24.5 Å². The van der Waals surface area contributed by atoms with Crippen molar-refractivity contribution < 1.29 is 14.6 Å². The van der Waals surface area contributed by atoms with Gasteiger partial charge in [0.1, 0.15) is 17.3 Å². The summed E-state index contributed by atoms with van der Waals surface area (Å²) in [5.74, 6) is -1.12. The first-order valence-electron chi connectivity index (χ1n) is 6.44. The first-order chi connectivity index (χ1) is 8.90. The van der Waals surface area contributed by atoms with Crippen molar-refractivity contribution in [2.75, 3.05) is 0 Å². The minimum Gasteiger partial charge on any atom is -0.508 e. The highest BCUT2D eigenvalue weighted by molar-refractivity contribution is 5.45. The molecule has 0 bridgehead atoms. The lowest BCUT2D eigenvalue weighted by Crippen LogP contribution is -2.18. The van der Waals surface area contributed by atoms with Crippen molar-refractivity contribution in [2.45, 2.75) is 32.6 Å². The average Bonchev–Trinajstić information content (AvgIpc) is 2.27. The number of halogens is 1. The number of aromatic hydroxyl groups is 2. The van der Waals surface area contributed by atoms with Gasteiger partial charge in [0.15, 0.2) is 0 Å². The molecule has 3 heteroatoms. The highest BCUT2D eigenvalue weighted by Crippen LogP contribution is 2.44. The molecule has 2 atom stereocenters. The van der Waals surface area contributed by atoms with Crippen LogP contribution in [0.3, 0.4) is 0 Å². The Morgan fingerprint density at radius 2 is 2.05 bits per heavy atom. The SMILES string of the molecule is C=C(C)C1CCC(C)=C[C@H]1c1c(O)cc(O)cc1F. The van der Waals surface area contributed by atoms with Gasteiger partial charge in [-0.1, -0.05) is 23.8 Å². The number of phenolic OH excluding ortho intramolecular Hbond substituents is 2. The number of allylic oxidation sites excluding steroid dienone is 3. The molecule has 1 aliphatic rings. The first kappa shape index (κ1) is 13.7. The maximum atomic E-state index is 14.1. The Balaban J connectivity index is 2.54. The molecule has 102 valence electrons. The Kier molecular flexibility index (Phi) is 3.65. The Labute approximate surface area is 112 Å². The van der Waals surface area contributed by atoms with E-state index < -0.39 is 5.82 Å². The second kappa shape index (κ2) is 5.08. The molecule has 0 heterocycles. The van der Waals surface area contributed by atoms with E-state index in [1.54, 1.807) is 0 Å². The second-order valence-electron chi connectivity index (χ2n) is 5.39. The third kappa shape index (κ3) is 2.65. The predicted molar refractivity (Wildman–Crippen MR) is 73.8 cm³/mol. The van der Waals surface area contributed by atoms with Crippen LogP contribution in [-0.2, 0) is 0 Å². The predicted octanol–water partition coefficient (Wildman–Crippen LogP) is 4.25. The van der Waals surface area contributed by atoms with Crippen LogP contribution in [0, 0.1) is 11.7 Å². The largest absolute Gasteiger partial charge is 0.508 e. The van der Waals surface area contributed by atoms with Crippen molar-refractivity contribution in [3.63, 3.8) is 0 Å². The van der Waals surface area contributed by atoms with Gasteiger partial charge in [0.25, 0.3) is 0 Å². The summed E-state index contributed by atoms with van der Waals surface area (Å²) in [6, 6.07) is 2.23. The normalized spacial score (nSPS) is 23.0. The van der Waals surface area contributed by atoms with Crippen LogP contribution in [0.5, 0.6) is 11.5 Å². The molecule has 1 aromatic rings. The Morgan fingerprint density at radius 3 is 2.63 bits per heavy atom. The van der Waals surface area contributed by atoms with E-state index in [0.29, 0.717) is 0 Å². The molecular weight excluding hydrogens is 243 g/mol. The minimum atomic E-state index is -0.570. The molecule has 0 amide bonds. The van der Waals surface area contributed by atoms with Crippen molar-refractivity contribution in [1.82, 2.24) is 0 Å². The molecule has 2 N–H and O–H groups in total. The van der Waals surface area contributed by atoms with Crippen LogP contribution in [0.25, 0.3) is 0 Å². The standard InChI is InChI=1S/C16H19FO2/c1-9(2)12-5-4-10(3)6-13(12)16-14(17)7-11(18)8-15(16)19/h6-8,12-13,18-19H,1,4-5H2,2-3H3/t12?,13-/m1/s1.